The maximum Gasteiger partial charge on any atom is 0.135 e. The number of anilines is 1. The van der Waals surface area contributed by atoms with Crippen molar-refractivity contribution >= 4 is 70.8 Å². The van der Waals surface area contributed by atoms with E-state index >= 15 is 0 Å². The second kappa shape index (κ2) is 24.5. The molecule has 0 fully saturated rings. The predicted molar refractivity (Wildman–Crippen MR) is 341 cm³/mol. The molecule has 9 aromatic rings. The molecular formula is C69H86N8S2. The summed E-state index contributed by atoms with van der Waals surface area (Å²) in [4.78, 5) is 23.0. The number of benzene rings is 3. The maximum atomic E-state index is 4.51. The van der Waals surface area contributed by atoms with Gasteiger partial charge in [0.05, 0.1) is 23.1 Å². The fourth-order valence-electron chi connectivity index (χ4n) is 9.31. The van der Waals surface area contributed by atoms with E-state index in [9.17, 15) is 0 Å². The average Bonchev–Trinajstić information content (AvgIpc) is 4.27. The summed E-state index contributed by atoms with van der Waals surface area (Å²) >= 11 is 3.51. The predicted octanol–water partition coefficient (Wildman–Crippen LogP) is 19.7. The monoisotopic (exact) mass is 1090 g/mol. The second-order valence-electron chi connectivity index (χ2n) is 26.9. The van der Waals surface area contributed by atoms with Crippen LogP contribution >= 0.6 is 22.7 Å². The van der Waals surface area contributed by atoms with E-state index in [1.807, 2.05) is 65.9 Å². The van der Waals surface area contributed by atoms with Crippen LogP contribution in [0, 0.1) is 5.41 Å². The lowest BCUT2D eigenvalue weighted by atomic mass is 9.83. The largest absolute Gasteiger partial charge is 0.383 e. The number of thiophene rings is 2. The first-order chi connectivity index (χ1) is 37.0. The highest BCUT2D eigenvalue weighted by Crippen LogP contribution is 2.40. The van der Waals surface area contributed by atoms with E-state index in [4.69, 9.17) is 0 Å². The van der Waals surface area contributed by atoms with Gasteiger partial charge in [0.25, 0.3) is 0 Å². The number of aromatic nitrogens is 5. The fraction of sp³-hybridized carbons (Fsp3) is 0.406. The van der Waals surface area contributed by atoms with E-state index in [0.717, 1.165) is 52.3 Å². The highest BCUT2D eigenvalue weighted by atomic mass is 32.1. The molecule has 0 saturated heterocycles. The first-order valence-electron chi connectivity index (χ1n) is 27.9. The number of hydrogen-bond acceptors (Lipinski definition) is 10. The molecular weight excluding hydrogens is 1000 g/mol. The number of nitrogens with one attached hydrogen (secondary N) is 1. The standard InChI is InChI=1S/C13H15N.C13H16.C12H14S.C11H16N2.C10H13N3.C10H12N2S/c1-13(2,3)11-8-10-6-4-5-7-12(10)14-9-11;1-13(2,3)12-9-8-10-6-4-5-7-11(10)12;1-12(2,3)10-8-13-11-7-5-4-6-9(10)11;1-11(2,3)9-6-12-7-10-8(9)4-5-13-10;1-10(2,3)7-4-8-9(11-5-7)6-12-13-8;1-10(2,3)9-11-6-7-4-5-13-8(7)12-9/h4-9H,1-3H3;4-7,9H,8H2,1-3H3;4-8H,1-3H3;6-7,13H,4-5H2,1-3H3;4-5H,6H2,1-3H3;4-6H,1-3H3. The van der Waals surface area contributed by atoms with E-state index in [2.05, 4.69) is 249 Å². The maximum absolute atomic E-state index is 4.51. The van der Waals surface area contributed by atoms with Crippen LogP contribution in [0.3, 0.4) is 0 Å². The number of para-hydroxylation sites is 1. The van der Waals surface area contributed by atoms with Crippen molar-refractivity contribution in [3.05, 3.63) is 189 Å². The van der Waals surface area contributed by atoms with Crippen molar-refractivity contribution in [2.75, 3.05) is 11.9 Å². The second-order valence-corrected chi connectivity index (χ2v) is 28.7. The van der Waals surface area contributed by atoms with Crippen molar-refractivity contribution in [3.63, 3.8) is 0 Å². The van der Waals surface area contributed by atoms with Crippen LogP contribution in [0.2, 0.25) is 0 Å². The van der Waals surface area contributed by atoms with Crippen LogP contribution in [0.5, 0.6) is 0 Å². The van der Waals surface area contributed by atoms with Gasteiger partial charge in [0.2, 0.25) is 0 Å². The summed E-state index contributed by atoms with van der Waals surface area (Å²) < 4.78 is 1.40. The summed E-state index contributed by atoms with van der Waals surface area (Å²) in [5.74, 6) is 0.919. The van der Waals surface area contributed by atoms with Crippen LogP contribution in [-0.4, -0.2) is 31.5 Å². The van der Waals surface area contributed by atoms with E-state index in [-0.39, 0.29) is 32.5 Å². The van der Waals surface area contributed by atoms with Gasteiger partial charge in [-0.15, -0.1) is 22.7 Å². The number of hydrogen-bond donors (Lipinski definition) is 1. The Morgan fingerprint density at radius 1 is 0.544 bits per heavy atom. The number of fused-ring (bicyclic) bond motifs is 6. The number of nitrogens with zero attached hydrogens (tertiary/aromatic N) is 7. The molecule has 0 atom stereocenters. The van der Waals surface area contributed by atoms with Crippen LogP contribution in [0.25, 0.3) is 36.8 Å². The molecule has 414 valence electrons. The van der Waals surface area contributed by atoms with Gasteiger partial charge in [0.15, 0.2) is 0 Å². The SMILES string of the molecule is CC(C)(C)C1=CCc2ccccc21.CC(C)(C)c1cnc2c(c1)N=NC2.CC(C)(C)c1cnc2ccccc2c1.CC(C)(C)c1cncc2c1CCN2.CC(C)(C)c1csc2ccccc12.CC(C)(C)c1ncc2ccsc2n1. The zero-order valence-electron chi connectivity index (χ0n) is 50.6. The van der Waals surface area contributed by atoms with Crippen molar-refractivity contribution in [2.24, 2.45) is 15.6 Å². The molecule has 0 spiro atoms. The van der Waals surface area contributed by atoms with Gasteiger partial charge in [-0.25, -0.2) is 9.97 Å². The average molecular weight is 1090 g/mol. The van der Waals surface area contributed by atoms with Gasteiger partial charge in [0, 0.05) is 52.2 Å². The number of azo groups is 1. The Labute approximate surface area is 480 Å². The van der Waals surface area contributed by atoms with Gasteiger partial charge >= 0.3 is 0 Å². The molecule has 1 aliphatic carbocycles. The molecule has 10 heteroatoms. The Bertz CT molecular complexity index is 3560. The smallest absolute Gasteiger partial charge is 0.135 e. The van der Waals surface area contributed by atoms with Crippen LogP contribution in [0.15, 0.2) is 149 Å². The Balaban J connectivity index is 0.000000137. The van der Waals surface area contributed by atoms with E-state index < -0.39 is 0 Å². The zero-order chi connectivity index (χ0) is 57.6. The van der Waals surface area contributed by atoms with Gasteiger partial charge in [-0.05, 0) is 131 Å². The summed E-state index contributed by atoms with van der Waals surface area (Å²) in [7, 11) is 0. The minimum atomic E-state index is 0.0399. The summed E-state index contributed by atoms with van der Waals surface area (Å²) in [5.41, 5.74) is 16.6. The summed E-state index contributed by atoms with van der Waals surface area (Å²) in [6.07, 6.45) is 14.4. The molecule has 8 nitrogen and oxygen atoms in total. The quantitative estimate of drug-likeness (QED) is 0.162. The Kier molecular flexibility index (Phi) is 18.6. The van der Waals surface area contributed by atoms with E-state index in [0.29, 0.717) is 6.54 Å². The lowest BCUT2D eigenvalue weighted by Crippen LogP contribution is -2.15. The summed E-state index contributed by atoms with van der Waals surface area (Å²) in [6, 6.07) is 31.9. The highest BCUT2D eigenvalue weighted by molar-refractivity contribution is 7.17. The topological polar surface area (TPSA) is 101 Å². The van der Waals surface area contributed by atoms with Crippen molar-refractivity contribution in [2.45, 2.75) is 171 Å². The molecule has 0 amide bonds. The Morgan fingerprint density at radius 2 is 1.20 bits per heavy atom. The fourth-order valence-corrected chi connectivity index (χ4v) is 11.2. The minimum Gasteiger partial charge on any atom is -0.383 e. The molecule has 0 bridgehead atoms. The van der Waals surface area contributed by atoms with E-state index in [1.54, 1.807) is 11.3 Å². The highest BCUT2D eigenvalue weighted by Gasteiger charge is 2.25. The van der Waals surface area contributed by atoms with Crippen LogP contribution in [0.1, 0.15) is 175 Å². The minimum absolute atomic E-state index is 0.0399. The third-order valence-electron chi connectivity index (χ3n) is 14.0. The molecule has 3 aromatic carbocycles. The third-order valence-corrected chi connectivity index (χ3v) is 15.8. The molecule has 3 aliphatic rings. The van der Waals surface area contributed by atoms with E-state index in [1.165, 1.54) is 65.7 Å². The molecule has 8 heterocycles. The van der Waals surface area contributed by atoms with Crippen molar-refractivity contribution in [1.29, 1.82) is 0 Å². The molecule has 6 aromatic heterocycles. The molecule has 12 rings (SSSR count). The van der Waals surface area contributed by atoms with Gasteiger partial charge in [-0.3, -0.25) is 15.0 Å². The lowest BCUT2D eigenvalue weighted by Gasteiger charge is -2.21. The van der Waals surface area contributed by atoms with Crippen molar-refractivity contribution in [3.8, 4) is 0 Å². The van der Waals surface area contributed by atoms with Gasteiger partial charge in [0.1, 0.15) is 22.9 Å². The molecule has 2 aliphatic heterocycles. The Hall–Kier alpha value is -6.49. The van der Waals surface area contributed by atoms with Crippen LogP contribution < -0.4 is 5.32 Å². The molecule has 1 N–H and O–H groups in total. The number of rotatable bonds is 0. The number of allylic oxidation sites excluding steroid dienone is 2. The third kappa shape index (κ3) is 15.9. The normalized spacial score (nSPS) is 13.6. The van der Waals surface area contributed by atoms with Crippen molar-refractivity contribution < 1.29 is 0 Å². The Morgan fingerprint density at radius 3 is 1.90 bits per heavy atom. The van der Waals surface area contributed by atoms with Gasteiger partial charge in [-0.2, -0.15) is 10.2 Å². The van der Waals surface area contributed by atoms with Crippen LogP contribution in [-0.2, 0) is 46.5 Å². The molecule has 0 unspecified atom stereocenters. The summed E-state index contributed by atoms with van der Waals surface area (Å²) in [5, 5.41) is 19.4. The van der Waals surface area contributed by atoms with Crippen molar-refractivity contribution in [1.82, 2.24) is 24.9 Å². The van der Waals surface area contributed by atoms with Gasteiger partial charge < -0.3 is 5.32 Å². The number of pyridine rings is 3. The first kappa shape index (κ1) is 60.2. The zero-order valence-corrected chi connectivity index (χ0v) is 52.2. The molecule has 0 radical (unpaired) electrons. The first-order valence-corrected chi connectivity index (χ1v) is 29.6. The molecule has 0 saturated carbocycles. The summed E-state index contributed by atoms with van der Waals surface area (Å²) in [6.45, 7) is 41.6. The lowest BCUT2D eigenvalue weighted by molar-refractivity contribution is 0.549. The van der Waals surface area contributed by atoms with Gasteiger partial charge in [-0.1, -0.05) is 191 Å². The molecule has 79 heavy (non-hydrogen) atoms. The van der Waals surface area contributed by atoms with Crippen LogP contribution in [0.4, 0.5) is 11.4 Å².